The van der Waals surface area contributed by atoms with Crippen molar-refractivity contribution in [2.24, 2.45) is 4.99 Å². The minimum Gasteiger partial charge on any atom is -0.497 e. The van der Waals surface area contributed by atoms with E-state index in [-0.39, 0.29) is 9.88 Å². The number of hydrogen-bond acceptors (Lipinski definition) is 7. The first-order valence-electron chi connectivity index (χ1n) is 8.12. The second-order valence-corrected chi connectivity index (χ2v) is 7.45. The van der Waals surface area contributed by atoms with Gasteiger partial charge in [0, 0.05) is 19.2 Å². The molecule has 3 aromatic rings. The monoisotopic (exact) mass is 407 g/mol. The van der Waals surface area contributed by atoms with E-state index in [0.29, 0.717) is 30.3 Å². The number of benzene rings is 1. The Morgan fingerprint density at radius 2 is 2.11 bits per heavy atom. The van der Waals surface area contributed by atoms with Gasteiger partial charge in [-0.15, -0.1) is 0 Å². The van der Waals surface area contributed by atoms with E-state index in [0.717, 1.165) is 21.6 Å². The highest BCUT2D eigenvalue weighted by atomic mass is 32.1. The normalized spacial score (nSPS) is 11.9. The lowest BCUT2D eigenvalue weighted by atomic mass is 10.3. The predicted molar refractivity (Wildman–Crippen MR) is 104 cm³/mol. The van der Waals surface area contributed by atoms with Gasteiger partial charge in [0.1, 0.15) is 10.6 Å². The molecule has 0 saturated heterocycles. The van der Waals surface area contributed by atoms with Crippen LogP contribution in [0.3, 0.4) is 0 Å². The number of amides is 1. The zero-order valence-corrected chi connectivity index (χ0v) is 16.3. The van der Waals surface area contributed by atoms with E-state index < -0.39 is 10.8 Å². The van der Waals surface area contributed by atoms with Gasteiger partial charge in [0.15, 0.2) is 4.80 Å². The molecule has 8 nitrogen and oxygen atoms in total. The van der Waals surface area contributed by atoms with Gasteiger partial charge in [-0.2, -0.15) is 4.99 Å². The molecule has 0 aliphatic heterocycles. The summed E-state index contributed by atoms with van der Waals surface area (Å²) < 4.78 is 13.5. The first-order chi connectivity index (χ1) is 13.0. The second kappa shape index (κ2) is 8.42. The Morgan fingerprint density at radius 3 is 2.78 bits per heavy atom. The summed E-state index contributed by atoms with van der Waals surface area (Å²) in [5.41, 5.74) is 0.921. The molecule has 0 N–H and O–H groups in total. The number of nitrogens with zero attached hydrogens (tertiary/aromatic N) is 3. The van der Waals surface area contributed by atoms with Gasteiger partial charge in [-0.1, -0.05) is 22.7 Å². The third-order valence-electron chi connectivity index (χ3n) is 3.73. The third kappa shape index (κ3) is 4.24. The molecule has 0 aliphatic rings. The lowest BCUT2D eigenvalue weighted by molar-refractivity contribution is -0.380. The molecule has 0 atom stereocenters. The van der Waals surface area contributed by atoms with E-state index in [4.69, 9.17) is 9.47 Å². The maximum Gasteiger partial charge on any atom is 0.324 e. The maximum atomic E-state index is 12.5. The summed E-state index contributed by atoms with van der Waals surface area (Å²) in [6, 6.07) is 8.38. The smallest absolute Gasteiger partial charge is 0.324 e. The van der Waals surface area contributed by atoms with Crippen LogP contribution < -0.4 is 9.54 Å². The molecule has 142 valence electrons. The molecule has 0 spiro atoms. The van der Waals surface area contributed by atoms with Crippen molar-refractivity contribution in [2.45, 2.75) is 13.5 Å². The van der Waals surface area contributed by atoms with Crippen molar-refractivity contribution in [2.75, 3.05) is 20.3 Å². The zero-order chi connectivity index (χ0) is 19.4. The number of ether oxygens (including phenoxy) is 2. The summed E-state index contributed by atoms with van der Waals surface area (Å²) in [6.45, 7) is 3.54. The van der Waals surface area contributed by atoms with Crippen LogP contribution in [-0.2, 0) is 11.3 Å². The standard InChI is InChI=1S/C17H17N3O5S2/c1-3-25-9-8-19-12-5-4-11(24-2)10-14(12)27-17(19)18-16(21)13-6-7-15(26-13)20(22)23/h4-7,10H,3,8-9H2,1-2H3. The quantitative estimate of drug-likeness (QED) is 0.339. The van der Waals surface area contributed by atoms with E-state index in [9.17, 15) is 14.9 Å². The van der Waals surface area contributed by atoms with Crippen LogP contribution in [0.4, 0.5) is 5.00 Å². The first-order valence-corrected chi connectivity index (χ1v) is 9.75. The molecule has 2 heterocycles. The van der Waals surface area contributed by atoms with Crippen molar-refractivity contribution in [1.29, 1.82) is 0 Å². The van der Waals surface area contributed by atoms with Crippen LogP contribution in [0.5, 0.6) is 5.75 Å². The van der Waals surface area contributed by atoms with Crippen molar-refractivity contribution < 1.29 is 19.2 Å². The number of thiazole rings is 1. The number of methoxy groups -OCH3 is 1. The molecule has 27 heavy (non-hydrogen) atoms. The summed E-state index contributed by atoms with van der Waals surface area (Å²) in [5.74, 6) is 0.212. The number of fused-ring (bicyclic) bond motifs is 1. The van der Waals surface area contributed by atoms with E-state index in [1.807, 2.05) is 29.7 Å². The number of carbonyl (C=O) groups excluding carboxylic acids is 1. The lowest BCUT2D eigenvalue weighted by Crippen LogP contribution is -2.19. The first kappa shape index (κ1) is 19.2. The lowest BCUT2D eigenvalue weighted by Gasteiger charge is -2.06. The van der Waals surface area contributed by atoms with Crippen LogP contribution in [-0.4, -0.2) is 35.7 Å². The molecule has 0 bridgehead atoms. The molecule has 0 aliphatic carbocycles. The number of rotatable bonds is 7. The highest BCUT2D eigenvalue weighted by molar-refractivity contribution is 7.17. The van der Waals surface area contributed by atoms with Crippen molar-refractivity contribution in [3.63, 3.8) is 0 Å². The van der Waals surface area contributed by atoms with Crippen LogP contribution in [0.1, 0.15) is 16.6 Å². The van der Waals surface area contributed by atoms with Crippen molar-refractivity contribution in [1.82, 2.24) is 4.57 Å². The molecule has 10 heteroatoms. The van der Waals surface area contributed by atoms with Crippen molar-refractivity contribution >= 4 is 43.8 Å². The summed E-state index contributed by atoms with van der Waals surface area (Å²) in [6.07, 6.45) is 0. The Hall–Kier alpha value is -2.56. The molecule has 3 rings (SSSR count). The predicted octanol–water partition coefficient (Wildman–Crippen LogP) is 3.46. The van der Waals surface area contributed by atoms with Crippen LogP contribution in [0.2, 0.25) is 0 Å². The van der Waals surface area contributed by atoms with Crippen LogP contribution in [0.15, 0.2) is 35.3 Å². The molecule has 0 radical (unpaired) electrons. The molecule has 0 saturated carbocycles. The van der Waals surface area contributed by atoms with Gasteiger partial charge in [0.05, 0.1) is 28.9 Å². The van der Waals surface area contributed by atoms with Crippen LogP contribution >= 0.6 is 22.7 Å². The average Bonchev–Trinajstić information content (AvgIpc) is 3.27. The van der Waals surface area contributed by atoms with Crippen molar-refractivity contribution in [3.8, 4) is 5.75 Å². The SMILES string of the molecule is CCOCCn1c(=NC(=O)c2ccc([N+](=O)[O-])s2)sc2cc(OC)ccc21. The Balaban J connectivity index is 2.04. The number of thiophene rings is 1. The zero-order valence-electron chi connectivity index (χ0n) is 14.7. The van der Waals surface area contributed by atoms with Gasteiger partial charge in [-0.05, 0) is 31.2 Å². The molecule has 1 aromatic carbocycles. The van der Waals surface area contributed by atoms with Gasteiger partial charge >= 0.3 is 5.00 Å². The van der Waals surface area contributed by atoms with Gasteiger partial charge < -0.3 is 14.0 Å². The fourth-order valence-corrected chi connectivity index (χ4v) is 4.25. The maximum absolute atomic E-state index is 12.5. The summed E-state index contributed by atoms with van der Waals surface area (Å²) in [4.78, 5) is 27.7. The minimum atomic E-state index is -0.518. The fourth-order valence-electron chi connectivity index (χ4n) is 2.46. The van der Waals surface area contributed by atoms with E-state index in [1.54, 1.807) is 7.11 Å². The van der Waals surface area contributed by atoms with E-state index in [2.05, 4.69) is 4.99 Å². The largest absolute Gasteiger partial charge is 0.497 e. The van der Waals surface area contributed by atoms with Gasteiger partial charge in [0.2, 0.25) is 0 Å². The summed E-state index contributed by atoms with van der Waals surface area (Å²) in [7, 11) is 1.59. The highest BCUT2D eigenvalue weighted by Gasteiger charge is 2.16. The second-order valence-electron chi connectivity index (χ2n) is 5.38. The Labute approximate surface area is 162 Å². The molecule has 1 amide bonds. The molecule has 0 fully saturated rings. The number of hydrogen-bond donors (Lipinski definition) is 0. The summed E-state index contributed by atoms with van der Waals surface area (Å²) >= 11 is 2.18. The van der Waals surface area contributed by atoms with Crippen LogP contribution in [0.25, 0.3) is 10.2 Å². The Bertz CT molecular complexity index is 1050. The van der Waals surface area contributed by atoms with Crippen molar-refractivity contribution in [3.05, 3.63) is 50.1 Å². The van der Waals surface area contributed by atoms with Gasteiger partial charge in [-0.25, -0.2) is 0 Å². The van der Waals surface area contributed by atoms with E-state index >= 15 is 0 Å². The molecule has 2 aromatic heterocycles. The van der Waals surface area contributed by atoms with Gasteiger partial charge in [-0.3, -0.25) is 14.9 Å². The third-order valence-corrected chi connectivity index (χ3v) is 5.80. The minimum absolute atomic E-state index is 0.0844. The number of nitro groups is 1. The molecular weight excluding hydrogens is 390 g/mol. The van der Waals surface area contributed by atoms with Crippen LogP contribution in [0, 0.1) is 10.1 Å². The highest BCUT2D eigenvalue weighted by Crippen LogP contribution is 2.25. The van der Waals surface area contributed by atoms with E-state index in [1.165, 1.54) is 23.5 Å². The summed E-state index contributed by atoms with van der Waals surface area (Å²) in [5, 5.41) is 10.7. The Kier molecular flexibility index (Phi) is 5.99. The number of carbonyl (C=O) groups is 1. The molecule has 0 unspecified atom stereocenters. The Morgan fingerprint density at radius 1 is 1.30 bits per heavy atom. The number of aromatic nitrogens is 1. The van der Waals surface area contributed by atoms with Gasteiger partial charge in [0.25, 0.3) is 5.91 Å². The fraction of sp³-hybridized carbons (Fsp3) is 0.294. The molecular formula is C17H17N3O5S2. The average molecular weight is 407 g/mol. The topological polar surface area (TPSA) is 96.0 Å².